The minimum atomic E-state index is -2.74. The van der Waals surface area contributed by atoms with E-state index >= 15 is 0 Å². The van der Waals surface area contributed by atoms with Gasteiger partial charge in [0, 0.05) is 0 Å². The number of carbonyl (C=O) groups is 1. The minimum absolute atomic E-state index is 0.0463. The summed E-state index contributed by atoms with van der Waals surface area (Å²) in [7, 11) is 1.30. The number of alkyl halides is 2. The molecule has 3 nitrogen and oxygen atoms in total. The topological polar surface area (TPSA) is 46.5 Å². The van der Waals surface area contributed by atoms with Gasteiger partial charge in [-0.15, -0.1) is 0 Å². The van der Waals surface area contributed by atoms with Gasteiger partial charge in [0.25, 0.3) is 6.43 Å². The van der Waals surface area contributed by atoms with Crippen LogP contribution in [0.4, 0.5) is 8.78 Å². The first kappa shape index (κ1) is 11.8. The molecule has 1 aromatic carbocycles. The van der Waals surface area contributed by atoms with Crippen LogP contribution < -0.4 is 4.74 Å². The first-order chi connectivity index (χ1) is 8.03. The number of carboxylic acids is 1. The molecule has 0 amide bonds. The fourth-order valence-electron chi connectivity index (χ4n) is 2.09. The lowest BCUT2D eigenvalue weighted by Gasteiger charge is -2.17. The third kappa shape index (κ3) is 1.75. The fraction of sp³-hybridized carbons (Fsp3) is 0.417. The van der Waals surface area contributed by atoms with E-state index in [4.69, 9.17) is 9.84 Å². The second-order valence-corrected chi connectivity index (χ2v) is 4.11. The van der Waals surface area contributed by atoms with Crippen LogP contribution in [0.3, 0.4) is 0 Å². The highest BCUT2D eigenvalue weighted by Crippen LogP contribution is 2.52. The lowest BCUT2D eigenvalue weighted by Crippen LogP contribution is -2.21. The van der Waals surface area contributed by atoms with Crippen LogP contribution in [-0.4, -0.2) is 18.2 Å². The summed E-state index contributed by atoms with van der Waals surface area (Å²) in [6.45, 7) is 0. The lowest BCUT2D eigenvalue weighted by molar-refractivity contribution is -0.140. The van der Waals surface area contributed by atoms with Crippen molar-refractivity contribution in [3.05, 3.63) is 29.3 Å². The summed E-state index contributed by atoms with van der Waals surface area (Å²) in [5.41, 5.74) is -1.26. The van der Waals surface area contributed by atoms with Crippen LogP contribution in [-0.2, 0) is 10.2 Å². The van der Waals surface area contributed by atoms with Crippen molar-refractivity contribution in [2.24, 2.45) is 0 Å². The number of ether oxygens (including phenoxy) is 1. The highest BCUT2D eigenvalue weighted by molar-refractivity contribution is 5.85. The zero-order chi connectivity index (χ0) is 12.6. The number of hydrogen-bond donors (Lipinski definition) is 1. The van der Waals surface area contributed by atoms with Gasteiger partial charge in [-0.25, -0.2) is 8.78 Å². The van der Waals surface area contributed by atoms with Crippen molar-refractivity contribution in [3.63, 3.8) is 0 Å². The van der Waals surface area contributed by atoms with Gasteiger partial charge in [-0.1, -0.05) is 12.1 Å². The molecule has 0 atom stereocenters. The van der Waals surface area contributed by atoms with E-state index in [1.165, 1.54) is 19.2 Å². The molecule has 0 bridgehead atoms. The van der Waals surface area contributed by atoms with Crippen LogP contribution in [0.1, 0.15) is 30.4 Å². The SMILES string of the molecule is COc1cccc(C2(C(=O)O)CC2)c1C(F)F. The van der Waals surface area contributed by atoms with E-state index in [1.807, 2.05) is 0 Å². The lowest BCUT2D eigenvalue weighted by atomic mass is 9.91. The third-order valence-electron chi connectivity index (χ3n) is 3.18. The summed E-state index contributed by atoms with van der Waals surface area (Å²) in [5.74, 6) is -1.00. The zero-order valence-electron chi connectivity index (χ0n) is 9.24. The van der Waals surface area contributed by atoms with E-state index < -0.39 is 17.8 Å². The molecular formula is C12H12F2O3. The predicted molar refractivity (Wildman–Crippen MR) is 56.5 cm³/mol. The molecule has 1 aliphatic carbocycles. The average molecular weight is 242 g/mol. The van der Waals surface area contributed by atoms with Gasteiger partial charge in [-0.05, 0) is 24.5 Å². The molecule has 0 unspecified atom stereocenters. The zero-order valence-corrected chi connectivity index (χ0v) is 9.24. The van der Waals surface area contributed by atoms with Crippen LogP contribution in [0, 0.1) is 0 Å². The van der Waals surface area contributed by atoms with E-state index in [9.17, 15) is 13.6 Å². The van der Waals surface area contributed by atoms with Crippen molar-refractivity contribution < 1.29 is 23.4 Å². The van der Waals surface area contributed by atoms with Gasteiger partial charge in [0.1, 0.15) is 5.75 Å². The van der Waals surface area contributed by atoms with Crippen LogP contribution in [0.5, 0.6) is 5.75 Å². The Hall–Kier alpha value is -1.65. The molecule has 0 heterocycles. The normalized spacial score (nSPS) is 16.9. The van der Waals surface area contributed by atoms with Crippen molar-refractivity contribution in [1.82, 2.24) is 0 Å². The van der Waals surface area contributed by atoms with Crippen molar-refractivity contribution in [3.8, 4) is 5.75 Å². The Bertz CT molecular complexity index is 453. The van der Waals surface area contributed by atoms with Gasteiger partial charge in [0.15, 0.2) is 0 Å². The number of benzene rings is 1. The van der Waals surface area contributed by atoms with Gasteiger partial charge in [0.2, 0.25) is 0 Å². The Morgan fingerprint density at radius 1 is 1.47 bits per heavy atom. The smallest absolute Gasteiger partial charge is 0.314 e. The number of aliphatic carboxylic acids is 1. The summed E-state index contributed by atoms with van der Waals surface area (Å²) < 4.78 is 30.9. The van der Waals surface area contributed by atoms with E-state index in [1.54, 1.807) is 6.07 Å². The second-order valence-electron chi connectivity index (χ2n) is 4.11. The second kappa shape index (κ2) is 3.98. The predicted octanol–water partition coefficient (Wildman–Crippen LogP) is 2.75. The molecule has 1 aliphatic rings. The molecule has 1 fully saturated rings. The van der Waals surface area contributed by atoms with E-state index in [0.717, 1.165) is 0 Å². The van der Waals surface area contributed by atoms with Crippen LogP contribution in [0.15, 0.2) is 18.2 Å². The Morgan fingerprint density at radius 3 is 2.53 bits per heavy atom. The third-order valence-corrected chi connectivity index (χ3v) is 3.18. The fourth-order valence-corrected chi connectivity index (χ4v) is 2.09. The van der Waals surface area contributed by atoms with Crippen molar-refractivity contribution in [1.29, 1.82) is 0 Å². The first-order valence-electron chi connectivity index (χ1n) is 5.22. The molecule has 1 saturated carbocycles. The maximum absolute atomic E-state index is 13.0. The van der Waals surface area contributed by atoms with Crippen molar-refractivity contribution in [2.45, 2.75) is 24.7 Å². The molecule has 2 rings (SSSR count). The number of hydrogen-bond acceptors (Lipinski definition) is 2. The standard InChI is InChI=1S/C12H12F2O3/c1-17-8-4-2-3-7(9(8)10(13)14)12(5-6-12)11(15)16/h2-4,10H,5-6H2,1H3,(H,15,16). The van der Waals surface area contributed by atoms with Crippen LogP contribution >= 0.6 is 0 Å². The van der Waals surface area contributed by atoms with Gasteiger partial charge in [-0.3, -0.25) is 4.79 Å². The average Bonchev–Trinajstić information content (AvgIpc) is 3.08. The van der Waals surface area contributed by atoms with Crippen molar-refractivity contribution >= 4 is 5.97 Å². The number of methoxy groups -OCH3 is 1. The van der Waals surface area contributed by atoms with Gasteiger partial charge in [0.05, 0.1) is 18.1 Å². The molecule has 0 radical (unpaired) electrons. The Labute approximate surface area is 97.0 Å². The Kier molecular flexibility index (Phi) is 2.77. The van der Waals surface area contributed by atoms with Gasteiger partial charge < -0.3 is 9.84 Å². The number of halogens is 2. The summed E-state index contributed by atoms with van der Waals surface area (Å²) in [6, 6.07) is 4.41. The molecule has 0 spiro atoms. The first-order valence-corrected chi connectivity index (χ1v) is 5.22. The maximum Gasteiger partial charge on any atom is 0.314 e. The van der Waals surface area contributed by atoms with E-state index in [0.29, 0.717) is 12.8 Å². The summed E-state index contributed by atoms with van der Waals surface area (Å²) in [5, 5.41) is 9.14. The largest absolute Gasteiger partial charge is 0.496 e. The van der Waals surface area contributed by atoms with Crippen molar-refractivity contribution in [2.75, 3.05) is 7.11 Å². The number of carboxylic acid groups (broad SMARTS) is 1. The molecule has 0 saturated heterocycles. The Balaban J connectivity index is 2.58. The molecule has 0 aromatic heterocycles. The summed E-state index contributed by atoms with van der Waals surface area (Å²) in [4.78, 5) is 11.2. The van der Waals surface area contributed by atoms with Gasteiger partial charge in [-0.2, -0.15) is 0 Å². The van der Waals surface area contributed by atoms with E-state index in [2.05, 4.69) is 0 Å². The van der Waals surface area contributed by atoms with Gasteiger partial charge >= 0.3 is 5.97 Å². The highest BCUT2D eigenvalue weighted by Gasteiger charge is 2.53. The van der Waals surface area contributed by atoms with E-state index in [-0.39, 0.29) is 16.9 Å². The maximum atomic E-state index is 13.0. The number of rotatable bonds is 4. The summed E-state index contributed by atoms with van der Waals surface area (Å²) >= 11 is 0. The van der Waals surface area contributed by atoms with Crippen LogP contribution in [0.25, 0.3) is 0 Å². The summed E-state index contributed by atoms with van der Waals surface area (Å²) in [6.07, 6.45) is -1.94. The molecule has 5 heteroatoms. The van der Waals surface area contributed by atoms with Crippen LogP contribution in [0.2, 0.25) is 0 Å². The highest BCUT2D eigenvalue weighted by atomic mass is 19.3. The monoisotopic (exact) mass is 242 g/mol. The molecule has 1 N–H and O–H groups in total. The molecule has 0 aliphatic heterocycles. The molecule has 92 valence electrons. The molecular weight excluding hydrogens is 230 g/mol. The molecule has 1 aromatic rings. The Morgan fingerprint density at radius 2 is 2.12 bits per heavy atom. The quantitative estimate of drug-likeness (QED) is 0.883. The molecule has 17 heavy (non-hydrogen) atoms. The minimum Gasteiger partial charge on any atom is -0.496 e.